The minimum atomic E-state index is -0.486. The molecule has 0 heterocycles. The normalized spacial score (nSPS) is 12.3. The summed E-state index contributed by atoms with van der Waals surface area (Å²) in [5.41, 5.74) is 3.20. The summed E-state index contributed by atoms with van der Waals surface area (Å²) in [7, 11) is 3.94. The summed E-state index contributed by atoms with van der Waals surface area (Å²) in [5.74, 6) is -0.872. The lowest BCUT2D eigenvalue weighted by atomic mass is 10.0. The first kappa shape index (κ1) is 17.2. The van der Waals surface area contributed by atoms with Gasteiger partial charge in [0.05, 0.1) is 11.6 Å². The molecule has 0 unspecified atom stereocenters. The lowest BCUT2D eigenvalue weighted by Crippen LogP contribution is -2.35. The van der Waals surface area contributed by atoms with Crippen molar-refractivity contribution in [3.8, 4) is 0 Å². The molecule has 0 aromatic heterocycles. The van der Waals surface area contributed by atoms with E-state index in [9.17, 15) is 9.18 Å². The van der Waals surface area contributed by atoms with Gasteiger partial charge < -0.3 is 10.2 Å². The number of carbonyl (C=O) groups is 1. The average Bonchev–Trinajstić information content (AvgIpc) is 2.48. The number of benzene rings is 2. The van der Waals surface area contributed by atoms with E-state index >= 15 is 0 Å². The maximum atomic E-state index is 13.9. The van der Waals surface area contributed by atoms with Crippen LogP contribution < -0.4 is 5.32 Å². The fourth-order valence-electron chi connectivity index (χ4n) is 2.62. The Hall–Kier alpha value is -2.20. The second-order valence-electron chi connectivity index (χ2n) is 6.03. The molecule has 23 heavy (non-hydrogen) atoms. The fourth-order valence-corrected chi connectivity index (χ4v) is 2.62. The third-order valence-corrected chi connectivity index (χ3v) is 4.00. The van der Waals surface area contributed by atoms with E-state index < -0.39 is 5.82 Å². The molecule has 2 aromatic carbocycles. The lowest BCUT2D eigenvalue weighted by Gasteiger charge is -2.26. The third-order valence-electron chi connectivity index (χ3n) is 4.00. The van der Waals surface area contributed by atoms with Gasteiger partial charge in [-0.3, -0.25) is 4.79 Å². The van der Waals surface area contributed by atoms with E-state index in [1.165, 1.54) is 17.7 Å². The Balaban J connectivity index is 2.13. The van der Waals surface area contributed by atoms with Crippen LogP contribution in [0.2, 0.25) is 0 Å². The monoisotopic (exact) mass is 314 g/mol. The minimum Gasteiger partial charge on any atom is -0.350 e. The van der Waals surface area contributed by atoms with Crippen LogP contribution in [0.5, 0.6) is 0 Å². The van der Waals surface area contributed by atoms with Crippen molar-refractivity contribution in [1.29, 1.82) is 0 Å². The topological polar surface area (TPSA) is 32.3 Å². The Kier molecular flexibility index (Phi) is 5.50. The zero-order valence-electron chi connectivity index (χ0n) is 14.1. The zero-order valence-corrected chi connectivity index (χ0v) is 14.1. The Morgan fingerprint density at radius 1 is 1.17 bits per heavy atom. The van der Waals surface area contributed by atoms with Gasteiger partial charge in [0.2, 0.25) is 0 Å². The van der Waals surface area contributed by atoms with Gasteiger partial charge in [-0.05, 0) is 56.8 Å². The average molecular weight is 314 g/mol. The number of likely N-dealkylation sites (N-methyl/N-ethyl adjacent to an activating group) is 1. The highest BCUT2D eigenvalue weighted by atomic mass is 19.1. The molecule has 1 amide bonds. The number of carbonyl (C=O) groups excluding carboxylic acids is 1. The molecule has 4 heteroatoms. The van der Waals surface area contributed by atoms with Crippen LogP contribution in [-0.2, 0) is 0 Å². The highest BCUT2D eigenvalue weighted by Crippen LogP contribution is 2.21. The van der Waals surface area contributed by atoms with Crippen molar-refractivity contribution in [2.75, 3.05) is 20.6 Å². The molecule has 0 spiro atoms. The minimum absolute atomic E-state index is 0.0358. The predicted molar refractivity (Wildman–Crippen MR) is 91.1 cm³/mol. The molecule has 0 fully saturated rings. The van der Waals surface area contributed by atoms with Gasteiger partial charge in [0, 0.05) is 6.54 Å². The van der Waals surface area contributed by atoms with E-state index in [1.807, 2.05) is 44.1 Å². The maximum Gasteiger partial charge on any atom is 0.254 e. The van der Waals surface area contributed by atoms with Crippen molar-refractivity contribution >= 4 is 5.91 Å². The van der Waals surface area contributed by atoms with Crippen LogP contribution in [0, 0.1) is 19.7 Å². The molecule has 3 nitrogen and oxygen atoms in total. The van der Waals surface area contributed by atoms with Crippen LogP contribution in [-0.4, -0.2) is 31.4 Å². The standard InChI is InChI=1S/C19H23FN2O/c1-13-9-10-16(17(20)11-13)19(23)21-12-18(22(3)4)15-8-6-5-7-14(15)2/h5-11,18H,12H2,1-4H3,(H,21,23)/t18-/m1/s1. The Morgan fingerprint density at radius 3 is 2.48 bits per heavy atom. The Bertz CT molecular complexity index is 698. The summed E-state index contributed by atoms with van der Waals surface area (Å²) in [6.07, 6.45) is 0. The van der Waals surface area contributed by atoms with Crippen molar-refractivity contribution in [1.82, 2.24) is 10.2 Å². The Morgan fingerprint density at radius 2 is 1.87 bits per heavy atom. The molecule has 0 radical (unpaired) electrons. The van der Waals surface area contributed by atoms with Crippen LogP contribution in [0.25, 0.3) is 0 Å². The summed E-state index contributed by atoms with van der Waals surface area (Å²) in [6.45, 7) is 4.27. The Labute approximate surface area is 137 Å². The van der Waals surface area contributed by atoms with Crippen molar-refractivity contribution in [3.63, 3.8) is 0 Å². The van der Waals surface area contributed by atoms with E-state index in [1.54, 1.807) is 13.0 Å². The SMILES string of the molecule is Cc1ccc(C(=O)NC[C@H](c2ccccc2C)N(C)C)c(F)c1. The molecule has 0 saturated heterocycles. The quantitative estimate of drug-likeness (QED) is 0.916. The van der Waals surface area contributed by atoms with E-state index in [0.717, 1.165) is 11.1 Å². The number of nitrogens with zero attached hydrogens (tertiary/aromatic N) is 1. The molecule has 2 aromatic rings. The summed E-state index contributed by atoms with van der Waals surface area (Å²) < 4.78 is 13.9. The van der Waals surface area contributed by atoms with Crippen LogP contribution in [0.15, 0.2) is 42.5 Å². The number of aryl methyl sites for hydroxylation is 2. The molecule has 0 aliphatic rings. The van der Waals surface area contributed by atoms with E-state index in [0.29, 0.717) is 6.54 Å². The molecule has 2 rings (SSSR count). The van der Waals surface area contributed by atoms with Gasteiger partial charge in [-0.25, -0.2) is 4.39 Å². The second-order valence-corrected chi connectivity index (χ2v) is 6.03. The van der Waals surface area contributed by atoms with Gasteiger partial charge in [-0.1, -0.05) is 30.3 Å². The van der Waals surface area contributed by atoms with Crippen molar-refractivity contribution in [2.24, 2.45) is 0 Å². The molecule has 1 atom stereocenters. The third kappa shape index (κ3) is 4.17. The van der Waals surface area contributed by atoms with Crippen LogP contribution in [0.1, 0.15) is 33.1 Å². The number of hydrogen-bond donors (Lipinski definition) is 1. The number of halogens is 1. The van der Waals surface area contributed by atoms with E-state index in [-0.39, 0.29) is 17.5 Å². The molecule has 1 N–H and O–H groups in total. The summed E-state index contributed by atoms with van der Waals surface area (Å²) in [6, 6.07) is 12.8. The summed E-state index contributed by atoms with van der Waals surface area (Å²) in [5, 5.41) is 2.85. The molecule has 0 bridgehead atoms. The van der Waals surface area contributed by atoms with E-state index in [4.69, 9.17) is 0 Å². The van der Waals surface area contributed by atoms with Gasteiger partial charge >= 0.3 is 0 Å². The molecular formula is C19H23FN2O. The molecule has 0 aliphatic carbocycles. The predicted octanol–water partition coefficient (Wildman–Crippen LogP) is 3.48. The van der Waals surface area contributed by atoms with E-state index in [2.05, 4.69) is 11.4 Å². The van der Waals surface area contributed by atoms with Gasteiger partial charge in [0.1, 0.15) is 5.82 Å². The summed E-state index contributed by atoms with van der Waals surface area (Å²) in [4.78, 5) is 14.3. The zero-order chi connectivity index (χ0) is 17.0. The van der Waals surface area contributed by atoms with Crippen molar-refractivity contribution in [3.05, 3.63) is 70.5 Å². The lowest BCUT2D eigenvalue weighted by molar-refractivity contribution is 0.0938. The van der Waals surface area contributed by atoms with Crippen LogP contribution >= 0.6 is 0 Å². The number of amides is 1. The van der Waals surface area contributed by atoms with Crippen LogP contribution in [0.3, 0.4) is 0 Å². The van der Waals surface area contributed by atoms with Crippen molar-refractivity contribution in [2.45, 2.75) is 19.9 Å². The summed E-state index contributed by atoms with van der Waals surface area (Å²) >= 11 is 0. The fraction of sp³-hybridized carbons (Fsp3) is 0.316. The number of rotatable bonds is 5. The highest BCUT2D eigenvalue weighted by molar-refractivity contribution is 5.94. The van der Waals surface area contributed by atoms with Gasteiger partial charge in [0.15, 0.2) is 0 Å². The first-order valence-corrected chi connectivity index (χ1v) is 7.66. The van der Waals surface area contributed by atoms with Gasteiger partial charge in [0.25, 0.3) is 5.91 Å². The molecule has 0 aliphatic heterocycles. The van der Waals surface area contributed by atoms with Gasteiger partial charge in [-0.2, -0.15) is 0 Å². The first-order chi connectivity index (χ1) is 10.9. The highest BCUT2D eigenvalue weighted by Gasteiger charge is 2.18. The van der Waals surface area contributed by atoms with Crippen LogP contribution in [0.4, 0.5) is 4.39 Å². The maximum absolute atomic E-state index is 13.9. The molecule has 0 saturated carbocycles. The first-order valence-electron chi connectivity index (χ1n) is 7.66. The second kappa shape index (κ2) is 7.38. The molecule has 122 valence electrons. The number of hydrogen-bond acceptors (Lipinski definition) is 2. The number of nitrogens with one attached hydrogen (secondary N) is 1. The van der Waals surface area contributed by atoms with Crippen molar-refractivity contribution < 1.29 is 9.18 Å². The smallest absolute Gasteiger partial charge is 0.254 e. The van der Waals surface area contributed by atoms with Gasteiger partial charge in [-0.15, -0.1) is 0 Å². The molecular weight excluding hydrogens is 291 g/mol. The largest absolute Gasteiger partial charge is 0.350 e.